The molecule has 0 saturated carbocycles. The lowest BCUT2D eigenvalue weighted by atomic mass is 10.1. The molecule has 4 rings (SSSR count). The molecule has 1 aliphatic heterocycles. The number of anilines is 2. The van der Waals surface area contributed by atoms with Crippen molar-refractivity contribution in [1.29, 1.82) is 0 Å². The molecule has 0 atom stereocenters. The zero-order valence-corrected chi connectivity index (χ0v) is 17.1. The van der Waals surface area contributed by atoms with E-state index < -0.39 is 26.6 Å². The van der Waals surface area contributed by atoms with E-state index in [0.29, 0.717) is 36.3 Å². The average molecular weight is 430 g/mol. The van der Waals surface area contributed by atoms with Gasteiger partial charge in [0.15, 0.2) is 0 Å². The van der Waals surface area contributed by atoms with Crippen molar-refractivity contribution in [3.05, 3.63) is 83.9 Å². The highest BCUT2D eigenvalue weighted by molar-refractivity contribution is 7.92. The number of hydrogen-bond donors (Lipinski definition) is 0. The highest BCUT2D eigenvalue weighted by Gasteiger charge is 2.33. The molecule has 1 heterocycles. The van der Waals surface area contributed by atoms with Crippen LogP contribution in [0, 0.1) is 11.6 Å². The van der Waals surface area contributed by atoms with Crippen LogP contribution in [0.3, 0.4) is 0 Å². The van der Waals surface area contributed by atoms with Crippen molar-refractivity contribution in [2.24, 2.45) is 0 Å². The molecule has 0 unspecified atom stereocenters. The molecule has 0 bridgehead atoms. The Labute approximate surface area is 174 Å². The summed E-state index contributed by atoms with van der Waals surface area (Å²) < 4.78 is 60.3. The second kappa shape index (κ2) is 7.95. The third kappa shape index (κ3) is 3.82. The highest BCUT2D eigenvalue weighted by atomic mass is 32.2. The predicted molar refractivity (Wildman–Crippen MR) is 111 cm³/mol. The molecule has 0 aliphatic carbocycles. The first kappa shape index (κ1) is 20.2. The van der Waals surface area contributed by atoms with Crippen LogP contribution in [0.5, 0.6) is 5.75 Å². The molecule has 0 saturated heterocycles. The largest absolute Gasteiger partial charge is 0.497 e. The number of sulfonamides is 1. The maximum absolute atomic E-state index is 13.7. The van der Waals surface area contributed by atoms with Gasteiger partial charge in [-0.2, -0.15) is 0 Å². The van der Waals surface area contributed by atoms with Crippen LogP contribution < -0.4 is 13.9 Å². The summed E-state index contributed by atoms with van der Waals surface area (Å²) in [6, 6.07) is 17.2. The zero-order valence-electron chi connectivity index (χ0n) is 16.3. The lowest BCUT2D eigenvalue weighted by molar-refractivity contribution is 0.414. The molecule has 1 aliphatic rings. The Bertz CT molecular complexity index is 1150. The Hall–Kier alpha value is -3.13. The molecule has 0 fully saturated rings. The van der Waals surface area contributed by atoms with Gasteiger partial charge in [0, 0.05) is 25.2 Å². The lowest BCUT2D eigenvalue weighted by Gasteiger charge is -2.38. The fraction of sp³-hybridized carbons (Fsp3) is 0.182. The van der Waals surface area contributed by atoms with Crippen LogP contribution in [0.15, 0.2) is 71.6 Å². The summed E-state index contributed by atoms with van der Waals surface area (Å²) in [6.07, 6.45) is 0. The van der Waals surface area contributed by atoms with Crippen molar-refractivity contribution in [1.82, 2.24) is 0 Å². The van der Waals surface area contributed by atoms with Gasteiger partial charge >= 0.3 is 0 Å². The van der Waals surface area contributed by atoms with Crippen LogP contribution in [-0.4, -0.2) is 28.6 Å². The van der Waals surface area contributed by atoms with Gasteiger partial charge in [-0.3, -0.25) is 4.31 Å². The van der Waals surface area contributed by atoms with Crippen LogP contribution in [0.2, 0.25) is 0 Å². The molecular formula is C22H20F2N2O3S. The number of hydrogen-bond acceptors (Lipinski definition) is 4. The molecule has 0 amide bonds. The maximum atomic E-state index is 13.7. The molecule has 0 spiro atoms. The summed E-state index contributed by atoms with van der Waals surface area (Å²) in [6.45, 7) is 1.14. The van der Waals surface area contributed by atoms with Crippen molar-refractivity contribution in [2.75, 3.05) is 29.4 Å². The predicted octanol–water partition coefficient (Wildman–Crippen LogP) is 4.19. The molecule has 0 radical (unpaired) electrons. The maximum Gasteiger partial charge on any atom is 0.264 e. The molecule has 3 aromatic rings. The quantitative estimate of drug-likeness (QED) is 0.609. The van der Waals surface area contributed by atoms with Gasteiger partial charge in [0.25, 0.3) is 10.0 Å². The van der Waals surface area contributed by atoms with Crippen LogP contribution in [0.1, 0.15) is 5.56 Å². The number of halogens is 2. The second-order valence-corrected chi connectivity index (χ2v) is 8.81. The first-order valence-electron chi connectivity index (χ1n) is 9.34. The normalized spacial score (nSPS) is 13.8. The minimum Gasteiger partial charge on any atom is -0.497 e. The van der Waals surface area contributed by atoms with E-state index in [-0.39, 0.29) is 6.54 Å². The van der Waals surface area contributed by atoms with E-state index in [4.69, 9.17) is 4.74 Å². The summed E-state index contributed by atoms with van der Waals surface area (Å²) in [5, 5.41) is 0. The molecule has 0 aromatic heterocycles. The molecular weight excluding hydrogens is 410 g/mol. The van der Waals surface area contributed by atoms with Gasteiger partial charge in [0.2, 0.25) is 0 Å². The Morgan fingerprint density at radius 1 is 0.900 bits per heavy atom. The first-order chi connectivity index (χ1) is 14.4. The minimum absolute atomic E-state index is 0.145. The van der Waals surface area contributed by atoms with Crippen LogP contribution >= 0.6 is 0 Å². The monoisotopic (exact) mass is 430 g/mol. The molecule has 156 valence electrons. The van der Waals surface area contributed by atoms with Crippen LogP contribution in [0.4, 0.5) is 20.2 Å². The standard InChI is InChI=1S/C22H20F2N2O3S/c1-29-19-7-8-21-22(14-19)25(15-16-5-3-2-4-6-16)9-10-26(21)30(27,28)20-12-17(23)11-18(24)13-20/h2-8,11-14H,9-10,15H2,1H3. The topological polar surface area (TPSA) is 49.9 Å². The van der Waals surface area contributed by atoms with E-state index in [0.717, 1.165) is 17.7 Å². The third-order valence-corrected chi connectivity index (χ3v) is 6.80. The molecule has 30 heavy (non-hydrogen) atoms. The number of fused-ring (bicyclic) bond motifs is 1. The van der Waals surface area contributed by atoms with E-state index in [1.165, 1.54) is 11.4 Å². The molecule has 8 heteroatoms. The smallest absolute Gasteiger partial charge is 0.264 e. The minimum atomic E-state index is -4.15. The van der Waals surface area contributed by atoms with Gasteiger partial charge in [-0.15, -0.1) is 0 Å². The number of rotatable bonds is 5. The van der Waals surface area contributed by atoms with E-state index >= 15 is 0 Å². The number of nitrogens with zero attached hydrogens (tertiary/aromatic N) is 2. The van der Waals surface area contributed by atoms with Crippen molar-refractivity contribution in [3.63, 3.8) is 0 Å². The average Bonchev–Trinajstić information content (AvgIpc) is 2.73. The first-order valence-corrected chi connectivity index (χ1v) is 10.8. The van der Waals surface area contributed by atoms with E-state index in [9.17, 15) is 17.2 Å². The van der Waals surface area contributed by atoms with Crippen molar-refractivity contribution < 1.29 is 21.9 Å². The summed E-state index contributed by atoms with van der Waals surface area (Å²) in [5.74, 6) is -1.29. The van der Waals surface area contributed by atoms with Crippen LogP contribution in [0.25, 0.3) is 0 Å². The van der Waals surface area contributed by atoms with Crippen molar-refractivity contribution in [3.8, 4) is 5.75 Å². The zero-order chi connectivity index (χ0) is 21.3. The van der Waals surface area contributed by atoms with Gasteiger partial charge in [0.05, 0.1) is 29.9 Å². The Morgan fingerprint density at radius 3 is 2.27 bits per heavy atom. The SMILES string of the molecule is COc1ccc2c(c1)N(Cc1ccccc1)CCN2S(=O)(=O)c1cc(F)cc(F)c1. The highest BCUT2D eigenvalue weighted by Crippen LogP contribution is 2.39. The summed E-state index contributed by atoms with van der Waals surface area (Å²) in [7, 11) is -2.61. The third-order valence-electron chi connectivity index (χ3n) is 5.01. The molecule has 0 N–H and O–H groups in total. The Morgan fingerprint density at radius 2 is 1.60 bits per heavy atom. The summed E-state index contributed by atoms with van der Waals surface area (Å²) >= 11 is 0. The van der Waals surface area contributed by atoms with Crippen molar-refractivity contribution in [2.45, 2.75) is 11.4 Å². The summed E-state index contributed by atoms with van der Waals surface area (Å²) in [4.78, 5) is 1.64. The van der Waals surface area contributed by atoms with Gasteiger partial charge in [0.1, 0.15) is 17.4 Å². The lowest BCUT2D eigenvalue weighted by Crippen LogP contribution is -2.43. The van der Waals surface area contributed by atoms with E-state index in [2.05, 4.69) is 4.90 Å². The van der Waals surface area contributed by atoms with Gasteiger partial charge in [-0.25, -0.2) is 17.2 Å². The van der Waals surface area contributed by atoms with E-state index in [1.807, 2.05) is 30.3 Å². The molecule has 3 aromatic carbocycles. The van der Waals surface area contributed by atoms with Gasteiger partial charge in [-0.05, 0) is 29.8 Å². The van der Waals surface area contributed by atoms with Gasteiger partial charge < -0.3 is 9.64 Å². The van der Waals surface area contributed by atoms with Crippen LogP contribution in [-0.2, 0) is 16.6 Å². The van der Waals surface area contributed by atoms with Crippen molar-refractivity contribution >= 4 is 21.4 Å². The fourth-order valence-electron chi connectivity index (χ4n) is 3.57. The summed E-state index contributed by atoms with van der Waals surface area (Å²) in [5.41, 5.74) is 2.18. The fourth-order valence-corrected chi connectivity index (χ4v) is 5.08. The number of ether oxygens (including phenoxy) is 1. The van der Waals surface area contributed by atoms with Gasteiger partial charge in [-0.1, -0.05) is 30.3 Å². The van der Waals surface area contributed by atoms with E-state index in [1.54, 1.807) is 18.2 Å². The second-order valence-electron chi connectivity index (χ2n) is 6.94. The number of benzene rings is 3. The Kier molecular flexibility index (Phi) is 5.34. The molecule has 5 nitrogen and oxygen atoms in total. The Balaban J connectivity index is 1.76. The number of methoxy groups -OCH3 is 1.